The Morgan fingerprint density at radius 2 is 2.27 bits per heavy atom. The Bertz CT molecular complexity index is 587. The first-order valence-electron chi connectivity index (χ1n) is 7.76. The van der Waals surface area contributed by atoms with E-state index in [1.165, 1.54) is 0 Å². The molecule has 1 unspecified atom stereocenters. The largest absolute Gasteiger partial charge is 0.338 e. The van der Waals surface area contributed by atoms with E-state index >= 15 is 0 Å². The number of piperidine rings is 1. The molecule has 2 aliphatic rings. The van der Waals surface area contributed by atoms with Gasteiger partial charge in [0.1, 0.15) is 0 Å². The molecule has 2 fully saturated rings. The summed E-state index contributed by atoms with van der Waals surface area (Å²) >= 11 is 0. The molecule has 0 aromatic carbocycles. The standard InChI is InChI=1S/C17H21N3O2/c1-2-9-19-11-7-17(16(19)22)6-4-10-20(13-17)15(21)14-5-3-8-18-12-14/h2-3,5,8,12H,1,4,6-7,9-11,13H2. The van der Waals surface area contributed by atoms with Crippen molar-refractivity contribution in [2.45, 2.75) is 19.3 Å². The van der Waals surface area contributed by atoms with Gasteiger partial charge in [0.25, 0.3) is 5.91 Å². The van der Waals surface area contributed by atoms with Crippen LogP contribution in [0.1, 0.15) is 29.6 Å². The lowest BCUT2D eigenvalue weighted by atomic mass is 9.78. The molecule has 5 heteroatoms. The van der Waals surface area contributed by atoms with Crippen LogP contribution in [-0.4, -0.2) is 52.8 Å². The van der Waals surface area contributed by atoms with Crippen molar-refractivity contribution in [1.82, 2.24) is 14.8 Å². The summed E-state index contributed by atoms with van der Waals surface area (Å²) in [6.07, 6.45) is 7.58. The van der Waals surface area contributed by atoms with Crippen molar-refractivity contribution in [2.75, 3.05) is 26.2 Å². The summed E-state index contributed by atoms with van der Waals surface area (Å²) in [4.78, 5) is 33.0. The van der Waals surface area contributed by atoms with Crippen LogP contribution in [0.4, 0.5) is 0 Å². The maximum atomic E-state index is 12.7. The van der Waals surface area contributed by atoms with Crippen molar-refractivity contribution >= 4 is 11.8 Å². The van der Waals surface area contributed by atoms with E-state index in [-0.39, 0.29) is 17.2 Å². The molecule has 0 saturated carbocycles. The fourth-order valence-electron chi connectivity index (χ4n) is 3.58. The van der Waals surface area contributed by atoms with Crippen LogP contribution in [0, 0.1) is 5.41 Å². The lowest BCUT2D eigenvalue weighted by Gasteiger charge is -2.39. The van der Waals surface area contributed by atoms with Gasteiger partial charge in [0.05, 0.1) is 11.0 Å². The van der Waals surface area contributed by atoms with Crippen LogP contribution in [-0.2, 0) is 4.79 Å². The maximum absolute atomic E-state index is 12.7. The fourth-order valence-corrected chi connectivity index (χ4v) is 3.58. The van der Waals surface area contributed by atoms with E-state index in [9.17, 15) is 9.59 Å². The number of amides is 2. The van der Waals surface area contributed by atoms with Crippen molar-refractivity contribution in [3.63, 3.8) is 0 Å². The number of hydrogen-bond donors (Lipinski definition) is 0. The van der Waals surface area contributed by atoms with Crippen LogP contribution in [0.2, 0.25) is 0 Å². The Morgan fingerprint density at radius 1 is 1.41 bits per heavy atom. The molecule has 116 valence electrons. The highest BCUT2D eigenvalue weighted by atomic mass is 16.2. The molecule has 5 nitrogen and oxygen atoms in total. The third-order valence-electron chi connectivity index (χ3n) is 4.72. The second kappa shape index (κ2) is 5.91. The van der Waals surface area contributed by atoms with Crippen molar-refractivity contribution in [2.24, 2.45) is 5.41 Å². The zero-order chi connectivity index (χ0) is 15.6. The fraction of sp³-hybridized carbons (Fsp3) is 0.471. The number of carbonyl (C=O) groups is 2. The van der Waals surface area contributed by atoms with Gasteiger partial charge in [-0.15, -0.1) is 6.58 Å². The van der Waals surface area contributed by atoms with Gasteiger partial charge in [-0.05, 0) is 31.4 Å². The maximum Gasteiger partial charge on any atom is 0.255 e. The van der Waals surface area contributed by atoms with Crippen molar-refractivity contribution < 1.29 is 9.59 Å². The number of rotatable bonds is 3. The molecule has 2 saturated heterocycles. The first-order valence-corrected chi connectivity index (χ1v) is 7.76. The van der Waals surface area contributed by atoms with E-state index in [0.29, 0.717) is 25.2 Å². The van der Waals surface area contributed by atoms with E-state index < -0.39 is 0 Å². The van der Waals surface area contributed by atoms with Gasteiger partial charge in [-0.25, -0.2) is 0 Å². The van der Waals surface area contributed by atoms with Gasteiger partial charge in [0.15, 0.2) is 0 Å². The topological polar surface area (TPSA) is 53.5 Å². The van der Waals surface area contributed by atoms with Gasteiger partial charge >= 0.3 is 0 Å². The van der Waals surface area contributed by atoms with E-state index in [1.54, 1.807) is 30.6 Å². The average Bonchev–Trinajstić information content (AvgIpc) is 2.85. The van der Waals surface area contributed by atoms with E-state index in [1.807, 2.05) is 9.80 Å². The Balaban J connectivity index is 1.76. The van der Waals surface area contributed by atoms with E-state index in [0.717, 1.165) is 25.8 Å². The second-order valence-electron chi connectivity index (χ2n) is 6.14. The summed E-state index contributed by atoms with van der Waals surface area (Å²) in [6.45, 7) is 6.30. The first kappa shape index (κ1) is 14.8. The third-order valence-corrected chi connectivity index (χ3v) is 4.72. The lowest BCUT2D eigenvalue weighted by molar-refractivity contribution is -0.137. The molecule has 3 rings (SSSR count). The Labute approximate surface area is 130 Å². The molecule has 1 atom stereocenters. The molecule has 1 aromatic rings. The third kappa shape index (κ3) is 2.51. The molecule has 0 bridgehead atoms. The minimum absolute atomic E-state index is 0.0258. The molecule has 0 radical (unpaired) electrons. The number of hydrogen-bond acceptors (Lipinski definition) is 3. The summed E-state index contributed by atoms with van der Waals surface area (Å²) in [7, 11) is 0. The van der Waals surface area contributed by atoms with Crippen molar-refractivity contribution in [3.05, 3.63) is 42.7 Å². The summed E-state index contributed by atoms with van der Waals surface area (Å²) in [5.41, 5.74) is 0.201. The molecule has 3 heterocycles. The number of nitrogens with zero attached hydrogens (tertiary/aromatic N) is 3. The van der Waals surface area contributed by atoms with Crippen LogP contribution in [0.3, 0.4) is 0 Å². The highest BCUT2D eigenvalue weighted by Crippen LogP contribution is 2.40. The summed E-state index contributed by atoms with van der Waals surface area (Å²) < 4.78 is 0. The van der Waals surface area contributed by atoms with Crippen LogP contribution in [0.25, 0.3) is 0 Å². The quantitative estimate of drug-likeness (QED) is 0.799. The number of likely N-dealkylation sites (tertiary alicyclic amines) is 2. The number of carbonyl (C=O) groups excluding carboxylic acids is 2. The van der Waals surface area contributed by atoms with Gasteiger partial charge in [0.2, 0.25) is 5.91 Å². The van der Waals surface area contributed by atoms with E-state index in [2.05, 4.69) is 11.6 Å². The lowest BCUT2D eigenvalue weighted by Crippen LogP contribution is -2.49. The zero-order valence-electron chi connectivity index (χ0n) is 12.7. The molecule has 2 aliphatic heterocycles. The highest BCUT2D eigenvalue weighted by Gasteiger charge is 2.49. The van der Waals surface area contributed by atoms with Crippen molar-refractivity contribution in [1.29, 1.82) is 0 Å². The molecule has 2 amide bonds. The highest BCUT2D eigenvalue weighted by molar-refractivity contribution is 5.95. The first-order chi connectivity index (χ1) is 10.7. The Kier molecular flexibility index (Phi) is 3.96. The summed E-state index contributed by atoms with van der Waals surface area (Å²) in [5, 5.41) is 0. The predicted octanol–water partition coefficient (Wildman–Crippen LogP) is 1.72. The van der Waals surface area contributed by atoms with E-state index in [4.69, 9.17) is 0 Å². The molecule has 1 aromatic heterocycles. The van der Waals surface area contributed by atoms with Crippen LogP contribution >= 0.6 is 0 Å². The molecule has 0 N–H and O–H groups in total. The normalized spacial score (nSPS) is 24.8. The monoisotopic (exact) mass is 299 g/mol. The molecular formula is C17H21N3O2. The Hall–Kier alpha value is -2.17. The Morgan fingerprint density at radius 3 is 3.00 bits per heavy atom. The van der Waals surface area contributed by atoms with Gasteiger partial charge in [-0.1, -0.05) is 6.08 Å². The summed E-state index contributed by atoms with van der Waals surface area (Å²) in [5.74, 6) is 0.151. The van der Waals surface area contributed by atoms with Crippen LogP contribution in [0.5, 0.6) is 0 Å². The zero-order valence-corrected chi connectivity index (χ0v) is 12.7. The second-order valence-corrected chi connectivity index (χ2v) is 6.14. The predicted molar refractivity (Wildman–Crippen MR) is 83.2 cm³/mol. The average molecular weight is 299 g/mol. The molecule has 22 heavy (non-hydrogen) atoms. The minimum Gasteiger partial charge on any atom is -0.338 e. The van der Waals surface area contributed by atoms with Crippen molar-refractivity contribution in [3.8, 4) is 0 Å². The summed E-state index contributed by atoms with van der Waals surface area (Å²) in [6, 6.07) is 3.54. The van der Waals surface area contributed by atoms with Gasteiger partial charge < -0.3 is 9.80 Å². The molecule has 0 aliphatic carbocycles. The smallest absolute Gasteiger partial charge is 0.255 e. The number of pyridine rings is 1. The van der Waals surface area contributed by atoms with Gasteiger partial charge in [-0.3, -0.25) is 14.6 Å². The SMILES string of the molecule is C=CCN1CCC2(CCCN(C(=O)c3cccnc3)C2)C1=O. The minimum atomic E-state index is -0.390. The van der Waals surface area contributed by atoms with Crippen LogP contribution < -0.4 is 0 Å². The molecular weight excluding hydrogens is 278 g/mol. The molecule has 1 spiro atoms. The number of aromatic nitrogens is 1. The van der Waals surface area contributed by atoms with Crippen LogP contribution in [0.15, 0.2) is 37.2 Å². The van der Waals surface area contributed by atoms with Gasteiger partial charge in [-0.2, -0.15) is 0 Å². The van der Waals surface area contributed by atoms with Gasteiger partial charge in [0, 0.05) is 38.6 Å².